The van der Waals surface area contributed by atoms with E-state index < -0.39 is 5.91 Å². The van der Waals surface area contributed by atoms with Crippen LogP contribution in [0.4, 0.5) is 11.4 Å². The Labute approximate surface area is 124 Å². The summed E-state index contributed by atoms with van der Waals surface area (Å²) in [5, 5.41) is 19.0. The van der Waals surface area contributed by atoms with Gasteiger partial charge in [0, 0.05) is 17.6 Å². The molecule has 6 heteroatoms. The fraction of sp³-hybridized carbons (Fsp3) is 0.0714. The Morgan fingerprint density at radius 3 is 2.50 bits per heavy atom. The van der Waals surface area contributed by atoms with Gasteiger partial charge in [0.15, 0.2) is 0 Å². The van der Waals surface area contributed by atoms with Gasteiger partial charge in [0.1, 0.15) is 11.5 Å². The predicted octanol–water partition coefficient (Wildman–Crippen LogP) is 2.72. The number of carbonyl (C=O) groups excluding carboxylic acids is 1. The Kier molecular flexibility index (Phi) is 3.85. The number of hydrogen-bond acceptors (Lipinski definition) is 4. The van der Waals surface area contributed by atoms with Gasteiger partial charge in [-0.1, -0.05) is 15.9 Å². The fourth-order valence-corrected chi connectivity index (χ4v) is 2.20. The number of amides is 1. The molecular weight excluding hydrogens is 324 g/mol. The third-order valence-corrected chi connectivity index (χ3v) is 3.36. The molecule has 4 N–H and O–H groups in total. The molecule has 5 nitrogen and oxygen atoms in total. The van der Waals surface area contributed by atoms with Crippen molar-refractivity contribution in [3.63, 3.8) is 0 Å². The molecule has 0 aliphatic heterocycles. The van der Waals surface area contributed by atoms with Gasteiger partial charge in [0.25, 0.3) is 5.91 Å². The first-order valence-corrected chi connectivity index (χ1v) is 6.54. The topological polar surface area (TPSA) is 86.8 Å². The molecule has 2 rings (SSSR count). The highest BCUT2D eigenvalue weighted by Gasteiger charge is 2.19. The minimum atomic E-state index is -0.420. The quantitative estimate of drug-likeness (QED) is 0.736. The molecule has 2 aromatic rings. The summed E-state index contributed by atoms with van der Waals surface area (Å²) < 4.78 is 0.812. The summed E-state index contributed by atoms with van der Waals surface area (Å²) in [4.78, 5) is 13.7. The Morgan fingerprint density at radius 2 is 1.90 bits per heavy atom. The maximum absolute atomic E-state index is 12.3. The van der Waals surface area contributed by atoms with Gasteiger partial charge >= 0.3 is 0 Å². The summed E-state index contributed by atoms with van der Waals surface area (Å²) in [5.74, 6) is -0.807. The van der Waals surface area contributed by atoms with Crippen LogP contribution in [0.5, 0.6) is 11.5 Å². The molecule has 0 saturated heterocycles. The number of benzene rings is 2. The van der Waals surface area contributed by atoms with Crippen LogP contribution in [0.3, 0.4) is 0 Å². The zero-order valence-corrected chi connectivity index (χ0v) is 12.3. The lowest BCUT2D eigenvalue weighted by Gasteiger charge is -2.20. The molecule has 0 heterocycles. The first kappa shape index (κ1) is 14.2. The zero-order valence-electron chi connectivity index (χ0n) is 10.7. The minimum Gasteiger partial charge on any atom is -0.508 e. The van der Waals surface area contributed by atoms with Crippen molar-refractivity contribution in [2.24, 2.45) is 0 Å². The summed E-state index contributed by atoms with van der Waals surface area (Å²) >= 11 is 3.30. The number of carbonyl (C=O) groups is 1. The number of phenols is 2. The summed E-state index contributed by atoms with van der Waals surface area (Å²) in [5.41, 5.74) is 6.94. The molecule has 0 bridgehead atoms. The number of aromatic hydroxyl groups is 2. The number of nitrogens with two attached hydrogens (primary N) is 1. The van der Waals surface area contributed by atoms with Crippen LogP contribution in [-0.2, 0) is 0 Å². The third kappa shape index (κ3) is 2.70. The number of nitrogens with zero attached hydrogens (tertiary/aromatic N) is 1. The normalized spacial score (nSPS) is 10.3. The molecular formula is C14H13BrN2O3. The van der Waals surface area contributed by atoms with E-state index in [4.69, 9.17) is 5.73 Å². The van der Waals surface area contributed by atoms with Crippen molar-refractivity contribution in [1.82, 2.24) is 0 Å². The van der Waals surface area contributed by atoms with Gasteiger partial charge < -0.3 is 20.8 Å². The van der Waals surface area contributed by atoms with Crippen molar-refractivity contribution in [3.05, 3.63) is 46.4 Å². The molecule has 0 aliphatic rings. The van der Waals surface area contributed by atoms with Gasteiger partial charge in [-0.2, -0.15) is 0 Å². The molecule has 20 heavy (non-hydrogen) atoms. The molecule has 1 amide bonds. The smallest absolute Gasteiger partial charge is 0.261 e. The first-order chi connectivity index (χ1) is 9.40. The van der Waals surface area contributed by atoms with Crippen LogP contribution < -0.4 is 10.6 Å². The number of rotatable bonds is 2. The van der Waals surface area contributed by atoms with E-state index in [0.717, 1.165) is 10.5 Å². The highest BCUT2D eigenvalue weighted by molar-refractivity contribution is 9.10. The standard InChI is InChI=1S/C14H13BrN2O3/c1-17(12-5-2-8(15)6-11(12)16)14(20)10-4-3-9(18)7-13(10)19/h2-7,18-19H,16H2,1H3. The number of hydrogen-bond donors (Lipinski definition) is 3. The summed E-state index contributed by atoms with van der Waals surface area (Å²) in [7, 11) is 1.56. The van der Waals surface area contributed by atoms with Crippen LogP contribution in [0.15, 0.2) is 40.9 Å². The maximum atomic E-state index is 12.3. The van der Waals surface area contributed by atoms with Crippen molar-refractivity contribution >= 4 is 33.2 Å². The van der Waals surface area contributed by atoms with Crippen molar-refractivity contribution in [3.8, 4) is 11.5 Å². The number of phenolic OH excluding ortho intramolecular Hbond substituents is 2. The van der Waals surface area contributed by atoms with E-state index in [2.05, 4.69) is 15.9 Å². The number of nitrogen functional groups attached to an aromatic ring is 1. The van der Waals surface area contributed by atoms with Gasteiger partial charge in [-0.3, -0.25) is 4.79 Å². The lowest BCUT2D eigenvalue weighted by Crippen LogP contribution is -2.27. The Hall–Kier alpha value is -2.21. The van der Waals surface area contributed by atoms with Crippen LogP contribution >= 0.6 is 15.9 Å². The van der Waals surface area contributed by atoms with Crippen LogP contribution in [0.1, 0.15) is 10.4 Å². The molecule has 0 unspecified atom stereocenters. The second-order valence-corrected chi connectivity index (χ2v) is 5.18. The largest absolute Gasteiger partial charge is 0.508 e. The Balaban J connectivity index is 2.37. The molecule has 0 spiro atoms. The van der Waals surface area contributed by atoms with E-state index in [1.54, 1.807) is 25.2 Å². The van der Waals surface area contributed by atoms with Gasteiger partial charge in [-0.05, 0) is 30.3 Å². The van der Waals surface area contributed by atoms with Gasteiger partial charge in [0.2, 0.25) is 0 Å². The maximum Gasteiger partial charge on any atom is 0.261 e. The van der Waals surface area contributed by atoms with E-state index >= 15 is 0 Å². The number of anilines is 2. The molecule has 2 aromatic carbocycles. The highest BCUT2D eigenvalue weighted by Crippen LogP contribution is 2.29. The lowest BCUT2D eigenvalue weighted by atomic mass is 10.1. The lowest BCUT2D eigenvalue weighted by molar-refractivity contribution is 0.0990. The monoisotopic (exact) mass is 336 g/mol. The van der Waals surface area contributed by atoms with E-state index in [9.17, 15) is 15.0 Å². The number of halogens is 1. The Morgan fingerprint density at radius 1 is 1.20 bits per heavy atom. The molecule has 0 atom stereocenters. The van der Waals surface area contributed by atoms with Crippen LogP contribution in [-0.4, -0.2) is 23.2 Å². The third-order valence-electron chi connectivity index (χ3n) is 2.87. The van der Waals surface area contributed by atoms with Crippen LogP contribution in [0.25, 0.3) is 0 Å². The van der Waals surface area contributed by atoms with Crippen LogP contribution in [0, 0.1) is 0 Å². The highest BCUT2D eigenvalue weighted by atomic mass is 79.9. The summed E-state index contributed by atoms with van der Waals surface area (Å²) in [6, 6.07) is 8.98. The van der Waals surface area contributed by atoms with Crippen molar-refractivity contribution in [2.45, 2.75) is 0 Å². The average Bonchev–Trinajstić information content (AvgIpc) is 2.37. The molecule has 0 saturated carbocycles. The summed E-state index contributed by atoms with van der Waals surface area (Å²) in [6.45, 7) is 0. The average molecular weight is 337 g/mol. The van der Waals surface area contributed by atoms with Gasteiger partial charge in [-0.15, -0.1) is 0 Å². The zero-order chi connectivity index (χ0) is 14.9. The predicted molar refractivity (Wildman–Crippen MR) is 81.1 cm³/mol. The second-order valence-electron chi connectivity index (χ2n) is 4.27. The molecule has 104 valence electrons. The molecule has 0 aromatic heterocycles. The SMILES string of the molecule is CN(C(=O)c1ccc(O)cc1O)c1ccc(Br)cc1N. The molecule has 0 aliphatic carbocycles. The van der Waals surface area contributed by atoms with E-state index in [0.29, 0.717) is 11.4 Å². The molecule has 0 radical (unpaired) electrons. The summed E-state index contributed by atoms with van der Waals surface area (Å²) in [6.07, 6.45) is 0. The Bertz CT molecular complexity index is 673. The minimum absolute atomic E-state index is 0.0904. The van der Waals surface area contributed by atoms with Crippen molar-refractivity contribution in [2.75, 3.05) is 17.7 Å². The van der Waals surface area contributed by atoms with Crippen LogP contribution in [0.2, 0.25) is 0 Å². The van der Waals surface area contributed by atoms with Crippen molar-refractivity contribution < 1.29 is 15.0 Å². The second kappa shape index (κ2) is 5.42. The van der Waals surface area contributed by atoms with E-state index in [1.165, 1.54) is 17.0 Å². The van der Waals surface area contributed by atoms with Gasteiger partial charge in [-0.25, -0.2) is 0 Å². The van der Waals surface area contributed by atoms with E-state index in [1.807, 2.05) is 0 Å². The first-order valence-electron chi connectivity index (χ1n) is 5.75. The molecule has 0 fully saturated rings. The van der Waals surface area contributed by atoms with Gasteiger partial charge in [0.05, 0.1) is 16.9 Å². The van der Waals surface area contributed by atoms with E-state index in [-0.39, 0.29) is 17.1 Å². The van der Waals surface area contributed by atoms with Crippen molar-refractivity contribution in [1.29, 1.82) is 0 Å². The fourth-order valence-electron chi connectivity index (χ4n) is 1.82.